The summed E-state index contributed by atoms with van der Waals surface area (Å²) in [4.78, 5) is 60.5. The number of aliphatic hydroxyl groups excluding tert-OH is 1. The number of rotatable bonds is 6. The van der Waals surface area contributed by atoms with Crippen LogP contribution in [0.4, 0.5) is 0 Å². The van der Waals surface area contributed by atoms with Crippen molar-refractivity contribution in [3.8, 4) is 0 Å². The van der Waals surface area contributed by atoms with Crippen molar-refractivity contribution < 1.29 is 33.8 Å². The Morgan fingerprint density at radius 3 is 2.33 bits per heavy atom. The number of amides is 3. The van der Waals surface area contributed by atoms with Gasteiger partial charge in [-0.2, -0.15) is 0 Å². The summed E-state index contributed by atoms with van der Waals surface area (Å²) >= 11 is 0. The molecule has 5 rings (SSSR count). The maximum absolute atomic E-state index is 15.0. The van der Waals surface area contributed by atoms with E-state index in [9.17, 15) is 24.3 Å². The molecule has 262 valence electrons. The van der Waals surface area contributed by atoms with Gasteiger partial charge in [-0.05, 0) is 50.5 Å². The standard InChI is InChI=1S/C38H53N3O7/c1-23(2)26(21-42)41-32-34(45)40(37(7,8)22-36(4,5)6)20-14-19-38(32)30(33(41)44)29-27(48-38)17-12-13-18-28(43)39-24(3)31(47-35(29)46)25-15-10-9-11-16-25/h9-12,14-17,19,23-24,26-27,29-32,42H,13,18,20-22H2,1-8H3,(H,39,43)/b17-12-/t24-,26+,27-,29+,30+,31+,32-,38+/m1/s1. The molecule has 1 aromatic rings. The van der Waals surface area contributed by atoms with E-state index in [4.69, 9.17) is 9.47 Å². The lowest BCUT2D eigenvalue weighted by atomic mass is 9.77. The zero-order valence-corrected chi connectivity index (χ0v) is 29.6. The van der Waals surface area contributed by atoms with Crippen molar-refractivity contribution in [1.82, 2.24) is 15.1 Å². The zero-order valence-electron chi connectivity index (χ0n) is 29.6. The first kappa shape index (κ1) is 35.8. The van der Waals surface area contributed by atoms with Crippen molar-refractivity contribution in [3.05, 3.63) is 60.2 Å². The smallest absolute Gasteiger partial charge is 0.313 e. The summed E-state index contributed by atoms with van der Waals surface area (Å²) in [5.41, 5.74) is -1.44. The van der Waals surface area contributed by atoms with Crippen molar-refractivity contribution in [2.24, 2.45) is 23.2 Å². The lowest BCUT2D eigenvalue weighted by molar-refractivity contribution is -0.163. The van der Waals surface area contributed by atoms with Gasteiger partial charge < -0.3 is 29.7 Å². The van der Waals surface area contributed by atoms with Crippen molar-refractivity contribution in [2.45, 2.75) is 116 Å². The summed E-state index contributed by atoms with van der Waals surface area (Å²) in [5, 5.41) is 13.6. The molecule has 3 amide bonds. The number of hydrogen-bond acceptors (Lipinski definition) is 7. The molecule has 1 spiro atoms. The van der Waals surface area contributed by atoms with E-state index in [0.29, 0.717) is 24.9 Å². The predicted molar refractivity (Wildman–Crippen MR) is 181 cm³/mol. The summed E-state index contributed by atoms with van der Waals surface area (Å²) < 4.78 is 13.1. The number of nitrogens with one attached hydrogen (secondary N) is 1. The Hall–Kier alpha value is -3.50. The average molecular weight is 664 g/mol. The molecule has 2 N–H and O–H groups in total. The van der Waals surface area contributed by atoms with E-state index >= 15 is 0 Å². The lowest BCUT2D eigenvalue weighted by Crippen LogP contribution is -2.62. The summed E-state index contributed by atoms with van der Waals surface area (Å²) in [5.74, 6) is -3.84. The van der Waals surface area contributed by atoms with E-state index < -0.39 is 65.2 Å². The minimum absolute atomic E-state index is 0.0856. The number of hydrogen-bond donors (Lipinski definition) is 2. The normalized spacial score (nSPS) is 32.8. The Labute approximate surface area is 284 Å². The van der Waals surface area contributed by atoms with Crippen molar-refractivity contribution in [2.75, 3.05) is 13.2 Å². The van der Waals surface area contributed by atoms with Crippen molar-refractivity contribution in [1.29, 1.82) is 0 Å². The molecule has 0 unspecified atom stereocenters. The van der Waals surface area contributed by atoms with Gasteiger partial charge >= 0.3 is 5.97 Å². The lowest BCUT2D eigenvalue weighted by Gasteiger charge is -2.45. The molecule has 4 heterocycles. The molecule has 2 saturated heterocycles. The van der Waals surface area contributed by atoms with Gasteiger partial charge in [0.2, 0.25) is 17.7 Å². The van der Waals surface area contributed by atoms with E-state index in [1.165, 1.54) is 4.90 Å². The van der Waals surface area contributed by atoms with Crippen LogP contribution in [0.25, 0.3) is 0 Å². The third-order valence-corrected chi connectivity index (χ3v) is 10.3. The highest BCUT2D eigenvalue weighted by atomic mass is 16.6. The summed E-state index contributed by atoms with van der Waals surface area (Å²) in [7, 11) is 0. The summed E-state index contributed by atoms with van der Waals surface area (Å²) in [6, 6.07) is 6.87. The maximum Gasteiger partial charge on any atom is 0.313 e. The number of ether oxygens (including phenoxy) is 2. The van der Waals surface area contributed by atoms with Gasteiger partial charge in [-0.15, -0.1) is 0 Å². The quantitative estimate of drug-likeness (QED) is 0.343. The first-order chi connectivity index (χ1) is 22.5. The second-order valence-corrected chi connectivity index (χ2v) is 16.1. The van der Waals surface area contributed by atoms with E-state index in [2.05, 4.69) is 26.1 Å². The van der Waals surface area contributed by atoms with Crippen LogP contribution < -0.4 is 5.32 Å². The van der Waals surface area contributed by atoms with E-state index in [0.717, 1.165) is 0 Å². The highest BCUT2D eigenvalue weighted by molar-refractivity contribution is 5.99. The maximum atomic E-state index is 15.0. The van der Waals surface area contributed by atoms with Crippen LogP contribution in [0, 0.1) is 23.2 Å². The molecule has 0 radical (unpaired) electrons. The highest BCUT2D eigenvalue weighted by Crippen LogP contribution is 2.54. The van der Waals surface area contributed by atoms with Crippen LogP contribution in [0.2, 0.25) is 0 Å². The Balaban J connectivity index is 1.64. The van der Waals surface area contributed by atoms with Crippen LogP contribution >= 0.6 is 0 Å². The monoisotopic (exact) mass is 663 g/mol. The molecular formula is C38H53N3O7. The molecule has 10 nitrogen and oxygen atoms in total. The highest BCUT2D eigenvalue weighted by Gasteiger charge is 2.73. The van der Waals surface area contributed by atoms with Crippen LogP contribution in [0.1, 0.15) is 86.3 Å². The number of fused-ring (bicyclic) bond motifs is 2. The molecule has 4 aliphatic rings. The van der Waals surface area contributed by atoms with Crippen molar-refractivity contribution >= 4 is 23.7 Å². The first-order valence-electron chi connectivity index (χ1n) is 17.3. The van der Waals surface area contributed by atoms with E-state index in [1.807, 2.05) is 75.1 Å². The number of benzene rings is 1. The second-order valence-electron chi connectivity index (χ2n) is 16.1. The molecular weight excluding hydrogens is 610 g/mol. The topological polar surface area (TPSA) is 125 Å². The second kappa shape index (κ2) is 13.4. The fourth-order valence-electron chi connectivity index (χ4n) is 8.56. The van der Waals surface area contributed by atoms with Gasteiger partial charge in [-0.25, -0.2) is 0 Å². The van der Waals surface area contributed by atoms with Gasteiger partial charge in [-0.1, -0.05) is 89.3 Å². The molecule has 0 aromatic heterocycles. The summed E-state index contributed by atoms with van der Waals surface area (Å²) in [6.45, 7) is 16.0. The molecule has 2 fully saturated rings. The number of carbonyl (C=O) groups excluding carboxylic acids is 4. The van der Waals surface area contributed by atoms with Gasteiger partial charge in [0.25, 0.3) is 0 Å². The number of cyclic esters (lactones) is 1. The average Bonchev–Trinajstić information content (AvgIpc) is 3.37. The fourth-order valence-corrected chi connectivity index (χ4v) is 8.56. The third-order valence-electron chi connectivity index (χ3n) is 10.3. The predicted octanol–water partition coefficient (Wildman–Crippen LogP) is 4.34. The molecule has 10 heteroatoms. The molecule has 4 aliphatic heterocycles. The molecule has 0 aliphatic carbocycles. The van der Waals surface area contributed by atoms with Crippen LogP contribution in [0.3, 0.4) is 0 Å². The Kier molecular flexibility index (Phi) is 10.0. The summed E-state index contributed by atoms with van der Waals surface area (Å²) in [6.07, 6.45) is 6.85. The van der Waals surface area contributed by atoms with Crippen LogP contribution in [-0.2, 0) is 28.7 Å². The SMILES string of the molecule is CC(C)[C@H](CO)N1C(=O)[C@@H]2[C@H]3C(=O)O[C@H](c4ccccc4)[C@@H](C)NC(=O)CC/C=C\[C@H]3O[C@@]23C=CCN(C(C)(C)CC(C)(C)C)C(=O)[C@@H]13. The van der Waals surface area contributed by atoms with Gasteiger partial charge in [0.05, 0.1) is 30.7 Å². The molecule has 48 heavy (non-hydrogen) atoms. The fraction of sp³-hybridized carbons (Fsp3) is 0.632. The van der Waals surface area contributed by atoms with Crippen LogP contribution in [-0.4, -0.2) is 87.1 Å². The Bertz CT molecular complexity index is 1450. The zero-order chi connectivity index (χ0) is 35.2. The number of likely N-dealkylation sites (tertiary alicyclic amines) is 1. The van der Waals surface area contributed by atoms with Crippen LogP contribution in [0.5, 0.6) is 0 Å². The number of aliphatic hydroxyl groups is 1. The Morgan fingerprint density at radius 2 is 1.71 bits per heavy atom. The number of allylic oxidation sites excluding steroid dienone is 1. The van der Waals surface area contributed by atoms with Gasteiger partial charge in [0, 0.05) is 18.5 Å². The van der Waals surface area contributed by atoms with Crippen LogP contribution in [0.15, 0.2) is 54.6 Å². The molecule has 1 aromatic carbocycles. The van der Waals surface area contributed by atoms with Gasteiger partial charge in [-0.3, -0.25) is 19.2 Å². The molecule has 8 atom stereocenters. The molecule has 0 bridgehead atoms. The van der Waals surface area contributed by atoms with E-state index in [1.54, 1.807) is 19.1 Å². The first-order valence-corrected chi connectivity index (χ1v) is 17.3. The largest absolute Gasteiger partial charge is 0.455 e. The Morgan fingerprint density at radius 1 is 1.02 bits per heavy atom. The number of esters is 1. The number of carbonyl (C=O) groups is 4. The minimum atomic E-state index is -1.48. The van der Waals surface area contributed by atoms with Crippen molar-refractivity contribution in [3.63, 3.8) is 0 Å². The number of nitrogens with zero attached hydrogens (tertiary/aromatic N) is 2. The van der Waals surface area contributed by atoms with Gasteiger partial charge in [0.15, 0.2) is 0 Å². The minimum Gasteiger partial charge on any atom is -0.455 e. The van der Waals surface area contributed by atoms with Gasteiger partial charge in [0.1, 0.15) is 23.7 Å². The van der Waals surface area contributed by atoms with E-state index in [-0.39, 0.29) is 36.2 Å². The third kappa shape index (κ3) is 6.58. The molecule has 0 saturated carbocycles.